The van der Waals surface area contributed by atoms with Crippen LogP contribution in [0.15, 0.2) is 52.1 Å². The average Bonchev–Trinajstić information content (AvgIpc) is 2.95. The van der Waals surface area contributed by atoms with Crippen molar-refractivity contribution in [2.24, 2.45) is 0 Å². The molecule has 5 nitrogen and oxygen atoms in total. The van der Waals surface area contributed by atoms with Gasteiger partial charge in [0.05, 0.1) is 4.53 Å². The Bertz CT molecular complexity index is 1350. The molecule has 9 heteroatoms. The molecule has 28 heavy (non-hydrogen) atoms. The molecule has 0 bridgehead atoms. The van der Waals surface area contributed by atoms with Crippen molar-refractivity contribution < 1.29 is 4.39 Å². The van der Waals surface area contributed by atoms with Crippen LogP contribution in [-0.2, 0) is 6.42 Å². The summed E-state index contributed by atoms with van der Waals surface area (Å²) < 4.78 is 14.4. The van der Waals surface area contributed by atoms with Crippen molar-refractivity contribution in [2.75, 3.05) is 0 Å². The van der Waals surface area contributed by atoms with E-state index in [1.807, 2.05) is 0 Å². The number of benzene rings is 2. The van der Waals surface area contributed by atoms with Crippen LogP contribution in [0.2, 0.25) is 10.0 Å². The van der Waals surface area contributed by atoms with Crippen LogP contribution in [0.3, 0.4) is 0 Å². The highest BCUT2D eigenvalue weighted by Gasteiger charge is 2.12. The maximum Gasteiger partial charge on any atom is 0.296 e. The Labute approximate surface area is 171 Å². The molecule has 4 aromatic rings. The molecule has 0 atom stereocenters. The largest absolute Gasteiger partial charge is 0.296 e. The van der Waals surface area contributed by atoms with Gasteiger partial charge in [-0.1, -0.05) is 52.7 Å². The van der Waals surface area contributed by atoms with Gasteiger partial charge in [-0.2, -0.15) is 14.6 Å². The summed E-state index contributed by atoms with van der Waals surface area (Å²) in [5.41, 5.74) is 0.326. The molecule has 0 fully saturated rings. The van der Waals surface area contributed by atoms with Gasteiger partial charge in [-0.05, 0) is 35.9 Å². The summed E-state index contributed by atoms with van der Waals surface area (Å²) >= 11 is 13.3. The third-order valence-corrected chi connectivity index (χ3v) is 5.63. The highest BCUT2D eigenvalue weighted by atomic mass is 35.5. The molecule has 0 radical (unpaired) electrons. The van der Waals surface area contributed by atoms with E-state index in [4.69, 9.17) is 23.2 Å². The lowest BCUT2D eigenvalue weighted by atomic mass is 10.1. The van der Waals surface area contributed by atoms with E-state index in [9.17, 15) is 14.0 Å². The molecular formula is C19H10Cl2FN3O2S. The molecule has 0 unspecified atom stereocenters. The topological polar surface area (TPSA) is 64.3 Å². The van der Waals surface area contributed by atoms with Crippen molar-refractivity contribution in [2.45, 2.75) is 6.42 Å². The highest BCUT2D eigenvalue weighted by molar-refractivity contribution is 7.15. The normalized spacial score (nSPS) is 12.0. The van der Waals surface area contributed by atoms with Crippen molar-refractivity contribution in [1.29, 1.82) is 0 Å². The second-order valence-electron chi connectivity index (χ2n) is 5.91. The number of hydrogen-bond acceptors (Lipinski definition) is 5. The summed E-state index contributed by atoms with van der Waals surface area (Å²) in [5.74, 6) is -0.375. The van der Waals surface area contributed by atoms with Crippen molar-refractivity contribution >= 4 is 45.6 Å². The minimum atomic E-state index is -0.534. The summed E-state index contributed by atoms with van der Waals surface area (Å²) in [4.78, 5) is 29.1. The number of fused-ring (bicyclic) bond motifs is 1. The zero-order valence-electron chi connectivity index (χ0n) is 14.0. The minimum Gasteiger partial charge on any atom is -0.266 e. The first-order valence-corrected chi connectivity index (χ1v) is 9.62. The van der Waals surface area contributed by atoms with Crippen LogP contribution in [0.25, 0.3) is 11.0 Å². The number of nitrogens with zero attached hydrogens (tertiary/aromatic N) is 3. The first-order valence-electron chi connectivity index (χ1n) is 8.05. The van der Waals surface area contributed by atoms with Crippen LogP contribution >= 0.6 is 34.5 Å². The highest BCUT2D eigenvalue weighted by Crippen LogP contribution is 2.24. The molecular weight excluding hydrogens is 424 g/mol. The fraction of sp³-hybridized carbons (Fsp3) is 0.0526. The number of hydrogen-bond donors (Lipinski definition) is 0. The first-order chi connectivity index (χ1) is 13.4. The Morgan fingerprint density at radius 2 is 1.75 bits per heavy atom. The summed E-state index contributed by atoms with van der Waals surface area (Å²) in [6.45, 7) is 0. The number of rotatable bonds is 3. The molecule has 2 aromatic heterocycles. The quantitative estimate of drug-likeness (QED) is 0.497. The van der Waals surface area contributed by atoms with Crippen molar-refractivity contribution in [3.8, 4) is 0 Å². The van der Waals surface area contributed by atoms with Crippen LogP contribution in [0.4, 0.5) is 4.39 Å². The third-order valence-electron chi connectivity index (χ3n) is 4.01. The van der Waals surface area contributed by atoms with Gasteiger partial charge in [0.1, 0.15) is 11.5 Å². The smallest absolute Gasteiger partial charge is 0.266 e. The Hall–Kier alpha value is -2.61. The van der Waals surface area contributed by atoms with E-state index in [-0.39, 0.29) is 22.9 Å². The molecule has 0 N–H and O–H groups in total. The lowest BCUT2D eigenvalue weighted by molar-refractivity contribution is 0.627. The lowest BCUT2D eigenvalue weighted by Gasteiger charge is -2.00. The van der Waals surface area contributed by atoms with Crippen LogP contribution in [0, 0.1) is 5.82 Å². The maximum atomic E-state index is 13.0. The summed E-state index contributed by atoms with van der Waals surface area (Å²) in [7, 11) is 0. The molecule has 0 aliphatic heterocycles. The fourth-order valence-corrected chi connectivity index (χ4v) is 4.02. The van der Waals surface area contributed by atoms with Gasteiger partial charge in [0, 0.05) is 22.0 Å². The van der Waals surface area contributed by atoms with Crippen LogP contribution < -0.4 is 15.7 Å². The molecule has 0 saturated carbocycles. The predicted molar refractivity (Wildman–Crippen MR) is 108 cm³/mol. The SMILES string of the molecule is O=c1nc2sc(=Cc3c(Cl)cccc3Cl)c(=O)n2nc1Cc1ccc(F)cc1. The molecule has 0 spiro atoms. The number of aromatic nitrogens is 3. The summed E-state index contributed by atoms with van der Waals surface area (Å²) in [6.07, 6.45) is 1.69. The van der Waals surface area contributed by atoms with Gasteiger partial charge < -0.3 is 0 Å². The zero-order valence-corrected chi connectivity index (χ0v) is 16.4. The number of thiazole rings is 1. The number of halogens is 3. The van der Waals surface area contributed by atoms with Gasteiger partial charge in [0.15, 0.2) is 0 Å². The lowest BCUT2D eigenvalue weighted by Crippen LogP contribution is -2.28. The summed E-state index contributed by atoms with van der Waals surface area (Å²) in [6, 6.07) is 10.7. The van der Waals surface area contributed by atoms with E-state index < -0.39 is 11.1 Å². The van der Waals surface area contributed by atoms with E-state index in [0.29, 0.717) is 25.7 Å². The molecule has 140 valence electrons. The van der Waals surface area contributed by atoms with Gasteiger partial charge in [-0.15, -0.1) is 0 Å². The Morgan fingerprint density at radius 3 is 2.43 bits per heavy atom. The van der Waals surface area contributed by atoms with Crippen molar-refractivity contribution in [3.05, 3.63) is 100 Å². The molecule has 0 amide bonds. The van der Waals surface area contributed by atoms with Gasteiger partial charge in [0.25, 0.3) is 11.1 Å². The fourth-order valence-electron chi connectivity index (χ4n) is 2.63. The molecule has 4 rings (SSSR count). The van der Waals surface area contributed by atoms with Crippen molar-refractivity contribution in [3.63, 3.8) is 0 Å². The Morgan fingerprint density at radius 1 is 1.07 bits per heavy atom. The van der Waals surface area contributed by atoms with E-state index in [0.717, 1.165) is 15.9 Å². The standard InChI is InChI=1S/C19H10Cl2FN3O2S/c20-13-2-1-3-14(21)12(13)9-16-18(27)25-19(28-16)23-17(26)15(24-25)8-10-4-6-11(22)7-5-10/h1-7,9H,8H2. The second-order valence-corrected chi connectivity index (χ2v) is 7.74. The van der Waals surface area contributed by atoms with Gasteiger partial charge in [-0.3, -0.25) is 9.59 Å². The van der Waals surface area contributed by atoms with Gasteiger partial charge in [-0.25, -0.2) is 4.39 Å². The molecule has 0 saturated heterocycles. The average molecular weight is 434 g/mol. The van der Waals surface area contributed by atoms with Gasteiger partial charge >= 0.3 is 0 Å². The van der Waals surface area contributed by atoms with E-state index in [1.165, 1.54) is 12.1 Å². The third kappa shape index (κ3) is 3.56. The van der Waals surface area contributed by atoms with Gasteiger partial charge in [0.2, 0.25) is 4.96 Å². The Kier molecular flexibility index (Phi) is 4.97. The second kappa shape index (κ2) is 7.43. The monoisotopic (exact) mass is 433 g/mol. The maximum absolute atomic E-state index is 13.0. The van der Waals surface area contributed by atoms with E-state index in [2.05, 4.69) is 10.1 Å². The van der Waals surface area contributed by atoms with Crippen LogP contribution in [0.1, 0.15) is 16.8 Å². The Balaban J connectivity index is 1.84. The molecule has 0 aliphatic rings. The molecule has 0 aliphatic carbocycles. The van der Waals surface area contributed by atoms with E-state index in [1.54, 1.807) is 36.4 Å². The van der Waals surface area contributed by atoms with Crippen LogP contribution in [-0.4, -0.2) is 14.6 Å². The zero-order chi connectivity index (χ0) is 19.8. The molecule has 2 heterocycles. The molecule has 2 aromatic carbocycles. The van der Waals surface area contributed by atoms with Crippen molar-refractivity contribution in [1.82, 2.24) is 14.6 Å². The predicted octanol–water partition coefficient (Wildman–Crippen LogP) is 3.10. The first kappa shape index (κ1) is 18.7. The summed E-state index contributed by atoms with van der Waals surface area (Å²) in [5, 5.41) is 4.96. The van der Waals surface area contributed by atoms with E-state index >= 15 is 0 Å². The minimum absolute atomic E-state index is 0.0985. The van der Waals surface area contributed by atoms with Crippen LogP contribution in [0.5, 0.6) is 0 Å².